The molecule has 8 heteroatoms. The van der Waals surface area contributed by atoms with Crippen molar-refractivity contribution < 1.29 is 23.9 Å². The minimum Gasteiger partial charge on any atom is -0.458 e. The molecule has 0 N–H and O–H groups in total. The van der Waals surface area contributed by atoms with E-state index in [4.69, 9.17) is 25.8 Å². The van der Waals surface area contributed by atoms with Gasteiger partial charge in [0.1, 0.15) is 6.61 Å². The smallest absolute Gasteiger partial charge is 0.331 e. The van der Waals surface area contributed by atoms with Gasteiger partial charge in [0.05, 0.1) is 16.6 Å². The maximum absolute atomic E-state index is 11.8. The minimum absolute atomic E-state index is 0.000464. The van der Waals surface area contributed by atoms with Gasteiger partial charge in [-0.25, -0.2) is 4.79 Å². The third kappa shape index (κ3) is 3.89. The number of hydrogen-bond donors (Lipinski definition) is 0. The zero-order valence-electron chi connectivity index (χ0n) is 12.8. The summed E-state index contributed by atoms with van der Waals surface area (Å²) in [6.45, 7) is 0.00557. The maximum Gasteiger partial charge on any atom is 0.331 e. The summed E-state index contributed by atoms with van der Waals surface area (Å²) in [6.07, 6.45) is 2.41. The Bertz CT molecular complexity index is 864. The van der Waals surface area contributed by atoms with Crippen molar-refractivity contribution in [1.29, 1.82) is 0 Å². The molecular formula is C17H12ClNO6. The molecule has 1 aliphatic heterocycles. The number of nitrogens with zero attached hydrogens (tertiary/aromatic N) is 1. The Morgan fingerprint density at radius 1 is 1.28 bits per heavy atom. The second kappa shape index (κ2) is 7.23. The van der Waals surface area contributed by atoms with Crippen LogP contribution in [0.5, 0.6) is 11.5 Å². The summed E-state index contributed by atoms with van der Waals surface area (Å²) >= 11 is 5.98. The van der Waals surface area contributed by atoms with Gasteiger partial charge in [-0.2, -0.15) is 0 Å². The van der Waals surface area contributed by atoms with Crippen LogP contribution in [0, 0.1) is 10.1 Å². The predicted octanol–water partition coefficient (Wildman–Crippen LogP) is 3.73. The van der Waals surface area contributed by atoms with E-state index in [1.807, 2.05) is 0 Å². The number of carbonyl (C=O) groups excluding carboxylic acids is 1. The fourth-order valence-electron chi connectivity index (χ4n) is 2.21. The van der Waals surface area contributed by atoms with Crippen LogP contribution in [0.4, 0.5) is 5.69 Å². The molecule has 0 aliphatic carbocycles. The zero-order valence-corrected chi connectivity index (χ0v) is 13.6. The van der Waals surface area contributed by atoms with E-state index in [2.05, 4.69) is 0 Å². The first kappa shape index (κ1) is 16.8. The average Bonchev–Trinajstić information content (AvgIpc) is 3.05. The van der Waals surface area contributed by atoms with E-state index >= 15 is 0 Å². The third-order valence-electron chi connectivity index (χ3n) is 3.45. The van der Waals surface area contributed by atoms with Crippen LogP contribution in [-0.4, -0.2) is 17.7 Å². The molecule has 0 radical (unpaired) electrons. The van der Waals surface area contributed by atoms with Crippen molar-refractivity contribution >= 4 is 29.3 Å². The normalized spacial score (nSPS) is 12.4. The average molecular weight is 362 g/mol. The number of esters is 1. The van der Waals surface area contributed by atoms with Gasteiger partial charge in [-0.15, -0.1) is 0 Å². The quantitative estimate of drug-likeness (QED) is 0.349. The third-order valence-corrected chi connectivity index (χ3v) is 3.81. The molecule has 3 rings (SSSR count). The maximum atomic E-state index is 11.8. The fraction of sp³-hybridized carbons (Fsp3) is 0.118. The molecule has 0 spiro atoms. The molecule has 0 atom stereocenters. The van der Waals surface area contributed by atoms with Gasteiger partial charge in [0, 0.05) is 16.7 Å². The number of nitro benzene ring substituents is 1. The van der Waals surface area contributed by atoms with Gasteiger partial charge in [0.25, 0.3) is 5.69 Å². The first-order chi connectivity index (χ1) is 12.0. The molecule has 2 aromatic rings. The second-order valence-electron chi connectivity index (χ2n) is 5.05. The van der Waals surface area contributed by atoms with E-state index < -0.39 is 10.9 Å². The summed E-state index contributed by atoms with van der Waals surface area (Å²) in [7, 11) is 0. The zero-order chi connectivity index (χ0) is 17.8. The van der Waals surface area contributed by atoms with E-state index in [1.165, 1.54) is 18.2 Å². The standard InChI is InChI=1S/C17H12ClNO6/c18-13-4-2-1-3-12(13)9-23-17(20)6-5-11-7-15-16(25-10-24-15)8-14(11)19(21)22/h1-8H,9-10H2/b6-5+. The molecule has 0 aromatic heterocycles. The monoisotopic (exact) mass is 361 g/mol. The van der Waals surface area contributed by atoms with Crippen molar-refractivity contribution in [2.45, 2.75) is 6.61 Å². The summed E-state index contributed by atoms with van der Waals surface area (Å²) in [6, 6.07) is 9.68. The number of rotatable bonds is 5. The lowest BCUT2D eigenvalue weighted by molar-refractivity contribution is -0.385. The highest BCUT2D eigenvalue weighted by Crippen LogP contribution is 2.38. The van der Waals surface area contributed by atoms with Crippen molar-refractivity contribution in [3.05, 3.63) is 68.7 Å². The highest BCUT2D eigenvalue weighted by molar-refractivity contribution is 6.31. The number of hydrogen-bond acceptors (Lipinski definition) is 6. The first-order valence-electron chi connectivity index (χ1n) is 7.21. The minimum atomic E-state index is -0.646. The Labute approximate surface area is 147 Å². The number of ether oxygens (including phenoxy) is 3. The molecular weight excluding hydrogens is 350 g/mol. The number of nitro groups is 1. The van der Waals surface area contributed by atoms with Crippen LogP contribution < -0.4 is 9.47 Å². The summed E-state index contributed by atoms with van der Waals surface area (Å²) in [5, 5.41) is 11.7. The molecule has 1 heterocycles. The van der Waals surface area contributed by atoms with Crippen LogP contribution >= 0.6 is 11.6 Å². The van der Waals surface area contributed by atoms with E-state index in [-0.39, 0.29) is 24.7 Å². The van der Waals surface area contributed by atoms with Gasteiger partial charge in [-0.05, 0) is 18.2 Å². The van der Waals surface area contributed by atoms with Gasteiger partial charge in [-0.1, -0.05) is 29.8 Å². The van der Waals surface area contributed by atoms with Crippen molar-refractivity contribution in [2.24, 2.45) is 0 Å². The van der Waals surface area contributed by atoms with Gasteiger partial charge >= 0.3 is 5.97 Å². The van der Waals surface area contributed by atoms with Crippen LogP contribution in [0.1, 0.15) is 11.1 Å². The highest BCUT2D eigenvalue weighted by atomic mass is 35.5. The van der Waals surface area contributed by atoms with Crippen LogP contribution in [0.15, 0.2) is 42.5 Å². The van der Waals surface area contributed by atoms with Gasteiger partial charge in [-0.3, -0.25) is 10.1 Å². The fourth-order valence-corrected chi connectivity index (χ4v) is 2.40. The topological polar surface area (TPSA) is 87.9 Å². The summed E-state index contributed by atoms with van der Waals surface area (Å²) in [5.41, 5.74) is 0.684. The number of benzene rings is 2. The van der Waals surface area contributed by atoms with E-state index in [9.17, 15) is 14.9 Å². The lowest BCUT2D eigenvalue weighted by atomic mass is 10.1. The van der Waals surface area contributed by atoms with E-state index in [0.29, 0.717) is 22.1 Å². The lowest BCUT2D eigenvalue weighted by Gasteiger charge is -2.04. The molecule has 25 heavy (non-hydrogen) atoms. The Hall–Kier alpha value is -3.06. The molecule has 7 nitrogen and oxygen atoms in total. The largest absolute Gasteiger partial charge is 0.458 e. The summed E-state index contributed by atoms with van der Waals surface area (Å²) in [5.74, 6) is 0.0340. The molecule has 0 amide bonds. The lowest BCUT2D eigenvalue weighted by Crippen LogP contribution is -2.01. The molecule has 128 valence electrons. The molecule has 0 saturated heterocycles. The Kier molecular flexibility index (Phi) is 4.85. The van der Waals surface area contributed by atoms with E-state index in [1.54, 1.807) is 24.3 Å². The number of halogens is 1. The van der Waals surface area contributed by atoms with Crippen LogP contribution in [0.2, 0.25) is 5.02 Å². The Balaban J connectivity index is 1.72. The second-order valence-corrected chi connectivity index (χ2v) is 5.46. The van der Waals surface area contributed by atoms with Gasteiger partial charge in [0.15, 0.2) is 11.5 Å². The SMILES string of the molecule is O=C(/C=C/c1cc2c(cc1[N+](=O)[O-])OCO2)OCc1ccccc1Cl. The van der Waals surface area contributed by atoms with Crippen LogP contribution in [0.25, 0.3) is 6.08 Å². The molecule has 1 aliphatic rings. The molecule has 0 saturated carbocycles. The highest BCUT2D eigenvalue weighted by Gasteiger charge is 2.22. The van der Waals surface area contributed by atoms with E-state index in [0.717, 1.165) is 6.08 Å². The number of carbonyl (C=O) groups is 1. The molecule has 2 aromatic carbocycles. The van der Waals surface area contributed by atoms with Gasteiger partial charge in [0.2, 0.25) is 6.79 Å². The molecule has 0 unspecified atom stereocenters. The Morgan fingerprint density at radius 2 is 2.00 bits per heavy atom. The predicted molar refractivity (Wildman–Crippen MR) is 89.5 cm³/mol. The van der Waals surface area contributed by atoms with Gasteiger partial charge < -0.3 is 14.2 Å². The first-order valence-corrected chi connectivity index (χ1v) is 7.58. The molecule has 0 bridgehead atoms. The molecule has 0 fully saturated rings. The summed E-state index contributed by atoms with van der Waals surface area (Å²) < 4.78 is 15.4. The van der Waals surface area contributed by atoms with Crippen molar-refractivity contribution in [1.82, 2.24) is 0 Å². The van der Waals surface area contributed by atoms with Crippen LogP contribution in [0.3, 0.4) is 0 Å². The van der Waals surface area contributed by atoms with Crippen molar-refractivity contribution in [3.63, 3.8) is 0 Å². The van der Waals surface area contributed by atoms with Crippen molar-refractivity contribution in [3.8, 4) is 11.5 Å². The number of fused-ring (bicyclic) bond motifs is 1. The van der Waals surface area contributed by atoms with Crippen LogP contribution in [-0.2, 0) is 16.1 Å². The Morgan fingerprint density at radius 3 is 2.72 bits per heavy atom. The summed E-state index contributed by atoms with van der Waals surface area (Å²) in [4.78, 5) is 22.4. The van der Waals surface area contributed by atoms with Crippen molar-refractivity contribution in [2.75, 3.05) is 6.79 Å².